The van der Waals surface area contributed by atoms with Gasteiger partial charge in [0.05, 0.1) is 6.54 Å². The molecular formula is C29H42N2O4Si. The van der Waals surface area contributed by atoms with Gasteiger partial charge in [-0.25, -0.2) is 9.80 Å². The van der Waals surface area contributed by atoms with Gasteiger partial charge in [0.2, 0.25) is 0 Å². The largest absolute Gasteiger partial charge is 0.544 e. The summed E-state index contributed by atoms with van der Waals surface area (Å²) in [5, 5.41) is 3.51. The van der Waals surface area contributed by atoms with E-state index in [2.05, 4.69) is 41.5 Å². The Labute approximate surface area is 217 Å². The molecule has 1 amide bonds. The lowest BCUT2D eigenvalue weighted by Gasteiger charge is -2.49. The second-order valence-electron chi connectivity index (χ2n) is 11.5. The highest BCUT2D eigenvalue weighted by Gasteiger charge is 2.50. The molecule has 2 aliphatic rings. The van der Waals surface area contributed by atoms with Crippen molar-refractivity contribution in [2.75, 3.05) is 6.54 Å². The number of hydrogen-bond donors (Lipinski definition) is 0. The molecule has 7 heteroatoms. The smallest absolute Gasteiger partial charge is 0.340 e. The van der Waals surface area contributed by atoms with E-state index in [1.54, 1.807) is 5.01 Å². The summed E-state index contributed by atoms with van der Waals surface area (Å²) in [4.78, 5) is 27.4. The van der Waals surface area contributed by atoms with Crippen LogP contribution < -0.4 is 0 Å². The molecule has 3 rings (SSSR count). The molecule has 0 aliphatic carbocycles. The molecule has 0 N–H and O–H groups in total. The van der Waals surface area contributed by atoms with E-state index >= 15 is 0 Å². The third-order valence-corrected chi connectivity index (χ3v) is 13.0. The molecule has 2 aliphatic heterocycles. The zero-order valence-electron chi connectivity index (χ0n) is 23.2. The zero-order chi connectivity index (χ0) is 26.8. The summed E-state index contributed by atoms with van der Waals surface area (Å²) in [6, 6.07) is 8.72. The molecule has 0 spiro atoms. The summed E-state index contributed by atoms with van der Waals surface area (Å²) in [5.41, 5.74) is 1.32. The minimum Gasteiger partial charge on any atom is -0.544 e. The Kier molecular flexibility index (Phi) is 8.23. The van der Waals surface area contributed by atoms with Crippen LogP contribution in [0, 0.1) is 0 Å². The number of allylic oxidation sites excluding steroid dienone is 2. The number of ether oxygens (including phenoxy) is 1. The predicted octanol–water partition coefficient (Wildman–Crippen LogP) is 6.60. The Balaban J connectivity index is 2.20. The van der Waals surface area contributed by atoms with Gasteiger partial charge < -0.3 is 9.16 Å². The number of amides is 1. The Bertz CT molecular complexity index is 1030. The number of carbonyl (C=O) groups excluding carboxylic acids is 2. The highest BCUT2D eigenvalue weighted by Crippen LogP contribution is 2.45. The van der Waals surface area contributed by atoms with Crippen LogP contribution in [0.15, 0.2) is 66.1 Å². The lowest BCUT2D eigenvalue weighted by atomic mass is 9.99. The molecule has 0 fully saturated rings. The SMILES string of the molecule is CC(C)[Si](OC1=C(C(=O)OC(C)(C)C)C2C=CC=CN2N(C(=O)c2ccccc2)C1)(C(C)C)C(C)C. The van der Waals surface area contributed by atoms with Crippen molar-refractivity contribution in [3.05, 3.63) is 71.7 Å². The van der Waals surface area contributed by atoms with E-state index in [1.807, 2.05) is 80.5 Å². The number of rotatable bonds is 7. The molecule has 2 heterocycles. The summed E-state index contributed by atoms with van der Waals surface area (Å²) >= 11 is 0. The standard InChI is InChI=1S/C29H42N2O4Si/c1-20(2)36(21(3)4,22(5)6)35-25-19-31(27(32)23-15-11-10-12-16-23)30-18-14-13-17-24(30)26(25)28(33)34-29(7,8)9/h10-18,20-22,24H,19H2,1-9H3. The highest BCUT2D eigenvalue weighted by molar-refractivity contribution is 6.77. The first kappa shape index (κ1) is 27.8. The molecule has 1 aromatic carbocycles. The van der Waals surface area contributed by atoms with Gasteiger partial charge in [-0.15, -0.1) is 0 Å². The van der Waals surface area contributed by atoms with Gasteiger partial charge in [-0.05, 0) is 55.6 Å². The van der Waals surface area contributed by atoms with Gasteiger partial charge in [-0.1, -0.05) is 71.9 Å². The maximum atomic E-state index is 13.7. The van der Waals surface area contributed by atoms with Crippen molar-refractivity contribution in [1.29, 1.82) is 0 Å². The number of carbonyl (C=O) groups is 2. The average Bonchev–Trinajstić information content (AvgIpc) is 2.80. The van der Waals surface area contributed by atoms with Crippen molar-refractivity contribution in [2.45, 2.75) is 90.6 Å². The third-order valence-electron chi connectivity index (χ3n) is 6.98. The lowest BCUT2D eigenvalue weighted by molar-refractivity contribution is -0.151. The average molecular weight is 511 g/mol. The van der Waals surface area contributed by atoms with E-state index in [4.69, 9.17) is 9.16 Å². The summed E-state index contributed by atoms with van der Waals surface area (Å²) in [7, 11) is -2.43. The number of hydrogen-bond acceptors (Lipinski definition) is 5. The molecule has 1 aromatic rings. The van der Waals surface area contributed by atoms with Gasteiger partial charge in [0.15, 0.2) is 0 Å². The van der Waals surface area contributed by atoms with Gasteiger partial charge >= 0.3 is 5.97 Å². The van der Waals surface area contributed by atoms with Crippen LogP contribution >= 0.6 is 0 Å². The van der Waals surface area contributed by atoms with Crippen LogP contribution in [0.2, 0.25) is 16.6 Å². The van der Waals surface area contributed by atoms with Crippen LogP contribution in [0.25, 0.3) is 0 Å². The van der Waals surface area contributed by atoms with Crippen molar-refractivity contribution < 1.29 is 18.8 Å². The first-order valence-corrected chi connectivity index (χ1v) is 15.1. The molecule has 36 heavy (non-hydrogen) atoms. The maximum Gasteiger partial charge on any atom is 0.340 e. The van der Waals surface area contributed by atoms with Gasteiger partial charge in [0, 0.05) is 11.8 Å². The Morgan fingerprint density at radius 2 is 1.53 bits per heavy atom. The molecule has 0 saturated carbocycles. The van der Waals surface area contributed by atoms with Crippen LogP contribution in [-0.2, 0) is 14.0 Å². The van der Waals surface area contributed by atoms with Crippen molar-refractivity contribution in [3.8, 4) is 0 Å². The van der Waals surface area contributed by atoms with E-state index in [0.717, 1.165) is 0 Å². The molecule has 0 radical (unpaired) electrons. The maximum absolute atomic E-state index is 13.7. The molecule has 1 atom stereocenters. The van der Waals surface area contributed by atoms with Gasteiger partial charge in [-0.2, -0.15) is 0 Å². The fourth-order valence-electron chi connectivity index (χ4n) is 5.54. The Morgan fingerprint density at radius 3 is 2.06 bits per heavy atom. The van der Waals surface area contributed by atoms with Crippen molar-refractivity contribution in [1.82, 2.24) is 10.0 Å². The number of nitrogens with zero attached hydrogens (tertiary/aromatic N) is 2. The second kappa shape index (κ2) is 10.7. The number of benzene rings is 1. The lowest BCUT2D eigenvalue weighted by Crippen LogP contribution is -2.57. The quantitative estimate of drug-likeness (QED) is 0.305. The molecule has 196 valence electrons. The van der Waals surface area contributed by atoms with Crippen LogP contribution in [0.1, 0.15) is 72.7 Å². The van der Waals surface area contributed by atoms with Crippen molar-refractivity contribution in [3.63, 3.8) is 0 Å². The van der Waals surface area contributed by atoms with Crippen LogP contribution in [0.5, 0.6) is 0 Å². The molecule has 0 bridgehead atoms. The van der Waals surface area contributed by atoms with Crippen molar-refractivity contribution >= 4 is 20.2 Å². The highest BCUT2D eigenvalue weighted by atomic mass is 28.4. The summed E-state index contributed by atoms with van der Waals surface area (Å²) in [5.74, 6) is 0.00622. The monoisotopic (exact) mass is 510 g/mol. The summed E-state index contributed by atoms with van der Waals surface area (Å²) < 4.78 is 13.0. The van der Waals surface area contributed by atoms with E-state index in [1.165, 1.54) is 0 Å². The minimum absolute atomic E-state index is 0.143. The van der Waals surface area contributed by atoms with E-state index in [0.29, 0.717) is 33.5 Å². The zero-order valence-corrected chi connectivity index (χ0v) is 24.2. The van der Waals surface area contributed by atoms with E-state index in [9.17, 15) is 9.59 Å². The Morgan fingerprint density at radius 1 is 0.944 bits per heavy atom. The summed E-state index contributed by atoms with van der Waals surface area (Å²) in [6.07, 6.45) is 7.54. The van der Waals surface area contributed by atoms with Crippen LogP contribution in [0.3, 0.4) is 0 Å². The number of fused-ring (bicyclic) bond motifs is 1. The topological polar surface area (TPSA) is 59.1 Å². The van der Waals surface area contributed by atoms with Crippen LogP contribution in [-0.4, -0.2) is 48.4 Å². The number of hydrazine groups is 1. The first-order chi connectivity index (χ1) is 16.8. The normalized spacial score (nSPS) is 18.3. The molecule has 0 aromatic heterocycles. The van der Waals surface area contributed by atoms with Crippen molar-refractivity contribution in [2.24, 2.45) is 0 Å². The van der Waals surface area contributed by atoms with E-state index in [-0.39, 0.29) is 12.5 Å². The van der Waals surface area contributed by atoms with Gasteiger partial charge in [0.1, 0.15) is 23.0 Å². The fourth-order valence-corrected chi connectivity index (χ4v) is 10.9. The Hall–Kier alpha value is -2.80. The van der Waals surface area contributed by atoms with Crippen LogP contribution in [0.4, 0.5) is 0 Å². The van der Waals surface area contributed by atoms with Gasteiger partial charge in [0.25, 0.3) is 14.2 Å². The molecule has 6 nitrogen and oxygen atoms in total. The fraction of sp³-hybridized carbons (Fsp3) is 0.517. The second-order valence-corrected chi connectivity index (χ2v) is 16.9. The predicted molar refractivity (Wildman–Crippen MR) is 146 cm³/mol. The first-order valence-electron chi connectivity index (χ1n) is 12.9. The minimum atomic E-state index is -2.43. The number of esters is 1. The third kappa shape index (κ3) is 5.46. The molecule has 0 saturated heterocycles. The summed E-state index contributed by atoms with van der Waals surface area (Å²) in [6.45, 7) is 19.0. The van der Waals surface area contributed by atoms with Gasteiger partial charge in [-0.3, -0.25) is 9.80 Å². The molecular weight excluding hydrogens is 468 g/mol. The molecule has 1 unspecified atom stereocenters. The van der Waals surface area contributed by atoms with E-state index < -0.39 is 25.9 Å².